The molecule has 0 saturated carbocycles. The molecule has 0 aliphatic heterocycles. The maximum Gasteiger partial charge on any atom is 0.387 e. The van der Waals surface area contributed by atoms with Crippen LogP contribution in [0.3, 0.4) is 0 Å². The Morgan fingerprint density at radius 3 is 2.11 bits per heavy atom. The fourth-order valence-corrected chi connectivity index (χ4v) is 2.38. The topological polar surface area (TPSA) is 21.3 Å². The van der Waals surface area contributed by atoms with E-state index in [1.54, 1.807) is 0 Å². The second-order valence-electron chi connectivity index (χ2n) is 4.55. The molecule has 0 fully saturated rings. The monoisotopic (exact) mass is 311 g/mol. The fraction of sp³-hybridized carbons (Fsp3) is 0.538. The van der Waals surface area contributed by atoms with Gasteiger partial charge in [-0.3, -0.25) is 0 Å². The van der Waals surface area contributed by atoms with E-state index < -0.39 is 6.61 Å². The zero-order valence-corrected chi connectivity index (χ0v) is 12.5. The Morgan fingerprint density at radius 2 is 1.74 bits per heavy atom. The number of anilines is 1. The Bertz CT molecular complexity index is 404. The lowest BCUT2D eigenvalue weighted by Crippen LogP contribution is -2.24. The van der Waals surface area contributed by atoms with Crippen LogP contribution in [0.15, 0.2) is 12.1 Å². The molecule has 0 aliphatic rings. The minimum absolute atomic E-state index is 0.0638. The second-order valence-corrected chi connectivity index (χ2v) is 5.37. The summed E-state index contributed by atoms with van der Waals surface area (Å²) < 4.78 is 28.7. The molecule has 6 heteroatoms. The van der Waals surface area contributed by atoms with Gasteiger partial charge in [0.25, 0.3) is 0 Å². The molecule has 0 aromatic heterocycles. The lowest BCUT2D eigenvalue weighted by atomic mass is 10.0. The molecule has 1 unspecified atom stereocenters. The molecule has 0 bridgehead atoms. The van der Waals surface area contributed by atoms with Crippen LogP contribution in [-0.4, -0.2) is 12.7 Å². The molecule has 1 rings (SSSR count). The van der Waals surface area contributed by atoms with Crippen LogP contribution in [0.5, 0.6) is 5.75 Å². The first-order chi connectivity index (χ1) is 8.85. The summed E-state index contributed by atoms with van der Waals surface area (Å²) in [5.74, 6) is 0.237. The molecular formula is C13H17Cl2F2NO. The van der Waals surface area contributed by atoms with Crippen molar-refractivity contribution in [3.8, 4) is 5.75 Å². The summed E-state index contributed by atoms with van der Waals surface area (Å²) in [5.41, 5.74) is 0.692. The van der Waals surface area contributed by atoms with Gasteiger partial charge in [-0.15, -0.1) is 0 Å². The average Bonchev–Trinajstić information content (AvgIpc) is 2.30. The summed E-state index contributed by atoms with van der Waals surface area (Å²) in [5, 5.41) is 3.41. The van der Waals surface area contributed by atoms with Crippen LogP contribution in [0.1, 0.15) is 27.2 Å². The number of alkyl halides is 2. The number of hydrogen-bond donors (Lipinski definition) is 1. The number of nitrogens with one attached hydrogen (secondary N) is 1. The van der Waals surface area contributed by atoms with Crippen LogP contribution in [0, 0.1) is 5.92 Å². The minimum Gasteiger partial charge on any atom is -0.432 e. The summed E-state index contributed by atoms with van der Waals surface area (Å²) >= 11 is 11.8. The first kappa shape index (κ1) is 16.3. The minimum atomic E-state index is -2.95. The number of ether oxygens (including phenoxy) is 1. The lowest BCUT2D eigenvalue weighted by Gasteiger charge is -2.22. The van der Waals surface area contributed by atoms with Gasteiger partial charge in [0.15, 0.2) is 5.75 Å². The van der Waals surface area contributed by atoms with E-state index in [0.29, 0.717) is 11.6 Å². The molecule has 0 saturated heterocycles. The van der Waals surface area contributed by atoms with Crippen molar-refractivity contribution in [1.82, 2.24) is 0 Å². The molecule has 0 radical (unpaired) electrons. The van der Waals surface area contributed by atoms with E-state index in [2.05, 4.69) is 30.8 Å². The average molecular weight is 312 g/mol. The Balaban J connectivity index is 2.94. The Labute approximate surface area is 122 Å². The van der Waals surface area contributed by atoms with Gasteiger partial charge in [-0.25, -0.2) is 0 Å². The van der Waals surface area contributed by atoms with E-state index in [1.165, 1.54) is 12.1 Å². The van der Waals surface area contributed by atoms with Gasteiger partial charge in [0.05, 0.1) is 10.0 Å². The zero-order chi connectivity index (χ0) is 14.6. The third kappa shape index (κ3) is 4.69. The van der Waals surface area contributed by atoms with Crippen molar-refractivity contribution in [1.29, 1.82) is 0 Å². The lowest BCUT2D eigenvalue weighted by molar-refractivity contribution is -0.0497. The van der Waals surface area contributed by atoms with Gasteiger partial charge in [-0.2, -0.15) is 8.78 Å². The van der Waals surface area contributed by atoms with E-state index in [0.717, 1.165) is 6.42 Å². The zero-order valence-electron chi connectivity index (χ0n) is 11.0. The Morgan fingerprint density at radius 1 is 1.21 bits per heavy atom. The first-order valence-corrected chi connectivity index (χ1v) is 6.81. The summed E-state index contributed by atoms with van der Waals surface area (Å²) in [7, 11) is 0. The molecule has 1 aromatic carbocycles. The predicted molar refractivity (Wildman–Crippen MR) is 75.6 cm³/mol. The van der Waals surface area contributed by atoms with Crippen LogP contribution in [0.25, 0.3) is 0 Å². The third-order valence-electron chi connectivity index (χ3n) is 2.80. The second kappa shape index (κ2) is 7.15. The summed E-state index contributed by atoms with van der Waals surface area (Å²) in [4.78, 5) is 0. The van der Waals surface area contributed by atoms with Gasteiger partial charge in [0.1, 0.15) is 0 Å². The normalized spacial score (nSPS) is 12.9. The number of benzene rings is 1. The third-order valence-corrected chi connectivity index (χ3v) is 3.36. The van der Waals surface area contributed by atoms with Crippen molar-refractivity contribution < 1.29 is 13.5 Å². The van der Waals surface area contributed by atoms with E-state index in [1.807, 2.05) is 0 Å². The van der Waals surface area contributed by atoms with Crippen molar-refractivity contribution in [2.75, 3.05) is 5.32 Å². The maximum absolute atomic E-state index is 12.2. The fourth-order valence-electron chi connectivity index (χ4n) is 1.80. The maximum atomic E-state index is 12.2. The molecule has 1 N–H and O–H groups in total. The standard InChI is InChI=1S/C13H17Cl2F2NO/c1-4-11(7(2)3)18-8-5-9(14)12(10(15)6-8)19-13(16)17/h5-7,11,13,18H,4H2,1-3H3. The quantitative estimate of drug-likeness (QED) is 0.755. The smallest absolute Gasteiger partial charge is 0.387 e. The van der Waals surface area contributed by atoms with Crippen LogP contribution >= 0.6 is 23.2 Å². The molecule has 0 aliphatic carbocycles. The molecule has 1 aromatic rings. The molecule has 1 atom stereocenters. The van der Waals surface area contributed by atoms with Gasteiger partial charge in [0.2, 0.25) is 0 Å². The highest BCUT2D eigenvalue weighted by molar-refractivity contribution is 6.37. The van der Waals surface area contributed by atoms with E-state index in [4.69, 9.17) is 23.2 Å². The van der Waals surface area contributed by atoms with Crippen molar-refractivity contribution in [2.45, 2.75) is 39.8 Å². The first-order valence-electron chi connectivity index (χ1n) is 6.05. The Kier molecular flexibility index (Phi) is 6.14. The van der Waals surface area contributed by atoms with E-state index in [9.17, 15) is 8.78 Å². The van der Waals surface area contributed by atoms with Crippen LogP contribution in [0.4, 0.5) is 14.5 Å². The van der Waals surface area contributed by atoms with Crippen LogP contribution < -0.4 is 10.1 Å². The van der Waals surface area contributed by atoms with Crippen molar-refractivity contribution in [3.05, 3.63) is 22.2 Å². The molecule has 0 heterocycles. The van der Waals surface area contributed by atoms with Crippen LogP contribution in [0.2, 0.25) is 10.0 Å². The summed E-state index contributed by atoms with van der Waals surface area (Å²) in [6, 6.07) is 3.33. The van der Waals surface area contributed by atoms with Gasteiger partial charge in [-0.05, 0) is 24.5 Å². The van der Waals surface area contributed by atoms with Crippen molar-refractivity contribution >= 4 is 28.9 Å². The SMILES string of the molecule is CCC(Nc1cc(Cl)c(OC(F)F)c(Cl)c1)C(C)C. The number of halogens is 4. The molecule has 0 amide bonds. The molecule has 19 heavy (non-hydrogen) atoms. The predicted octanol–water partition coefficient (Wildman–Crippen LogP) is 5.44. The highest BCUT2D eigenvalue weighted by Gasteiger charge is 2.16. The van der Waals surface area contributed by atoms with Gasteiger partial charge >= 0.3 is 6.61 Å². The number of hydrogen-bond acceptors (Lipinski definition) is 2. The Hall–Kier alpha value is -0.740. The van der Waals surface area contributed by atoms with Crippen molar-refractivity contribution in [3.63, 3.8) is 0 Å². The molecular weight excluding hydrogens is 295 g/mol. The summed E-state index contributed by atoms with van der Waals surface area (Å²) in [6.45, 7) is 3.31. The van der Waals surface area contributed by atoms with Gasteiger partial charge in [-0.1, -0.05) is 44.0 Å². The molecule has 0 spiro atoms. The molecule has 2 nitrogen and oxygen atoms in total. The van der Waals surface area contributed by atoms with Crippen molar-refractivity contribution in [2.24, 2.45) is 5.92 Å². The highest BCUT2D eigenvalue weighted by atomic mass is 35.5. The van der Waals surface area contributed by atoms with Crippen LogP contribution in [-0.2, 0) is 0 Å². The van der Waals surface area contributed by atoms with E-state index >= 15 is 0 Å². The largest absolute Gasteiger partial charge is 0.432 e. The van der Waals surface area contributed by atoms with Gasteiger partial charge in [0, 0.05) is 11.7 Å². The molecule has 108 valence electrons. The van der Waals surface area contributed by atoms with Gasteiger partial charge < -0.3 is 10.1 Å². The highest BCUT2D eigenvalue weighted by Crippen LogP contribution is 2.37. The van der Waals surface area contributed by atoms with E-state index in [-0.39, 0.29) is 21.8 Å². The summed E-state index contributed by atoms with van der Waals surface area (Å²) in [6.07, 6.45) is 0.933. The number of rotatable bonds is 6.